The SMILES string of the molecule is CCC(C)(CCCl)NCc1cccc(F)c1F. The Morgan fingerprint density at radius 2 is 2.06 bits per heavy atom. The maximum absolute atomic E-state index is 13.4. The summed E-state index contributed by atoms with van der Waals surface area (Å²) in [6, 6.07) is 4.22. The largest absolute Gasteiger partial charge is 0.307 e. The van der Waals surface area contributed by atoms with Crippen molar-refractivity contribution < 1.29 is 8.78 Å². The molecule has 0 aliphatic rings. The third-order valence-corrected chi connectivity index (χ3v) is 3.35. The van der Waals surface area contributed by atoms with Crippen molar-refractivity contribution >= 4 is 11.6 Å². The van der Waals surface area contributed by atoms with Gasteiger partial charge in [-0.25, -0.2) is 8.78 Å². The molecule has 1 nitrogen and oxygen atoms in total. The van der Waals surface area contributed by atoms with Gasteiger partial charge in [0, 0.05) is 23.5 Å². The fraction of sp³-hybridized carbons (Fsp3) is 0.538. The van der Waals surface area contributed by atoms with Gasteiger partial charge in [0.2, 0.25) is 0 Å². The van der Waals surface area contributed by atoms with Crippen LogP contribution >= 0.6 is 11.6 Å². The number of hydrogen-bond donors (Lipinski definition) is 1. The Morgan fingerprint density at radius 3 is 2.65 bits per heavy atom. The highest BCUT2D eigenvalue weighted by Crippen LogP contribution is 2.18. The first-order valence-electron chi connectivity index (χ1n) is 5.76. The lowest BCUT2D eigenvalue weighted by Gasteiger charge is -2.29. The lowest BCUT2D eigenvalue weighted by Crippen LogP contribution is -2.41. The van der Waals surface area contributed by atoms with E-state index >= 15 is 0 Å². The van der Waals surface area contributed by atoms with E-state index in [1.54, 1.807) is 6.07 Å². The van der Waals surface area contributed by atoms with Crippen LogP contribution < -0.4 is 5.32 Å². The molecule has 0 amide bonds. The molecule has 17 heavy (non-hydrogen) atoms. The molecule has 0 aliphatic heterocycles. The number of benzene rings is 1. The topological polar surface area (TPSA) is 12.0 Å². The number of rotatable bonds is 6. The van der Waals surface area contributed by atoms with E-state index in [0.29, 0.717) is 18.0 Å². The highest BCUT2D eigenvalue weighted by Gasteiger charge is 2.21. The summed E-state index contributed by atoms with van der Waals surface area (Å²) in [5, 5.41) is 3.24. The first-order valence-corrected chi connectivity index (χ1v) is 6.30. The summed E-state index contributed by atoms with van der Waals surface area (Å²) in [6.45, 7) is 4.39. The zero-order valence-electron chi connectivity index (χ0n) is 10.2. The quantitative estimate of drug-likeness (QED) is 0.767. The Bertz CT molecular complexity index is 370. The molecule has 1 atom stereocenters. The number of alkyl halides is 1. The van der Waals surface area contributed by atoms with Crippen LogP contribution in [0.25, 0.3) is 0 Å². The van der Waals surface area contributed by atoms with E-state index in [-0.39, 0.29) is 5.54 Å². The third kappa shape index (κ3) is 3.93. The molecule has 1 unspecified atom stereocenters. The number of halogens is 3. The van der Waals surface area contributed by atoms with Gasteiger partial charge in [-0.2, -0.15) is 0 Å². The molecular weight excluding hydrogens is 244 g/mol. The predicted molar refractivity (Wildman–Crippen MR) is 67.2 cm³/mol. The molecule has 0 aliphatic carbocycles. The van der Waals surface area contributed by atoms with Crippen molar-refractivity contribution in [2.24, 2.45) is 0 Å². The van der Waals surface area contributed by atoms with Gasteiger partial charge < -0.3 is 5.32 Å². The second-order valence-electron chi connectivity index (χ2n) is 4.42. The van der Waals surface area contributed by atoms with E-state index in [4.69, 9.17) is 11.6 Å². The molecule has 0 aromatic heterocycles. The first kappa shape index (κ1) is 14.4. The van der Waals surface area contributed by atoms with Gasteiger partial charge in [-0.3, -0.25) is 0 Å². The van der Waals surface area contributed by atoms with Crippen LogP contribution in [0.5, 0.6) is 0 Å². The molecule has 0 fully saturated rings. The lowest BCUT2D eigenvalue weighted by molar-refractivity contribution is 0.327. The van der Waals surface area contributed by atoms with E-state index < -0.39 is 11.6 Å². The zero-order chi connectivity index (χ0) is 12.9. The van der Waals surface area contributed by atoms with E-state index in [1.165, 1.54) is 6.07 Å². The molecule has 1 N–H and O–H groups in total. The summed E-state index contributed by atoms with van der Waals surface area (Å²) < 4.78 is 26.4. The Hall–Kier alpha value is -0.670. The summed E-state index contributed by atoms with van der Waals surface area (Å²) in [6.07, 6.45) is 1.68. The van der Waals surface area contributed by atoms with Gasteiger partial charge in [0.25, 0.3) is 0 Å². The Kier molecular flexibility index (Phi) is 5.34. The number of hydrogen-bond acceptors (Lipinski definition) is 1. The van der Waals surface area contributed by atoms with Crippen LogP contribution in [-0.2, 0) is 6.54 Å². The van der Waals surface area contributed by atoms with E-state index in [2.05, 4.69) is 5.32 Å². The van der Waals surface area contributed by atoms with Crippen LogP contribution in [0.4, 0.5) is 8.78 Å². The standard InChI is InChI=1S/C13H18ClF2N/c1-3-13(2,7-8-14)17-9-10-5-4-6-11(15)12(10)16/h4-6,17H,3,7-9H2,1-2H3. The molecule has 1 rings (SSSR count). The minimum atomic E-state index is -0.806. The van der Waals surface area contributed by atoms with Crippen LogP contribution in [-0.4, -0.2) is 11.4 Å². The molecule has 1 aromatic rings. The van der Waals surface area contributed by atoms with Crippen LogP contribution in [0.15, 0.2) is 18.2 Å². The van der Waals surface area contributed by atoms with Crippen molar-refractivity contribution in [3.8, 4) is 0 Å². The van der Waals surface area contributed by atoms with Gasteiger partial charge in [0.15, 0.2) is 11.6 Å². The zero-order valence-corrected chi connectivity index (χ0v) is 11.0. The summed E-state index contributed by atoms with van der Waals surface area (Å²) in [7, 11) is 0. The van der Waals surface area contributed by atoms with Crippen LogP contribution in [0.3, 0.4) is 0 Å². The van der Waals surface area contributed by atoms with Gasteiger partial charge in [-0.15, -0.1) is 11.6 Å². The average Bonchev–Trinajstić information content (AvgIpc) is 2.31. The summed E-state index contributed by atoms with van der Waals surface area (Å²) in [5.74, 6) is -1.03. The third-order valence-electron chi connectivity index (χ3n) is 3.16. The highest BCUT2D eigenvalue weighted by atomic mass is 35.5. The predicted octanol–water partition coefficient (Wildman–Crippen LogP) is 3.85. The van der Waals surface area contributed by atoms with Crippen molar-refractivity contribution in [3.63, 3.8) is 0 Å². The van der Waals surface area contributed by atoms with Gasteiger partial charge >= 0.3 is 0 Å². The maximum Gasteiger partial charge on any atom is 0.163 e. The molecule has 1 aromatic carbocycles. The summed E-state index contributed by atoms with van der Waals surface area (Å²) in [4.78, 5) is 0. The Balaban J connectivity index is 2.69. The minimum absolute atomic E-state index is 0.138. The molecule has 96 valence electrons. The highest BCUT2D eigenvalue weighted by molar-refractivity contribution is 6.17. The molecule has 4 heteroatoms. The van der Waals surface area contributed by atoms with Gasteiger partial charge in [0.1, 0.15) is 0 Å². The smallest absolute Gasteiger partial charge is 0.163 e. The van der Waals surface area contributed by atoms with Crippen molar-refractivity contribution in [1.29, 1.82) is 0 Å². The summed E-state index contributed by atoms with van der Waals surface area (Å²) >= 11 is 5.73. The monoisotopic (exact) mass is 261 g/mol. The van der Waals surface area contributed by atoms with Crippen LogP contribution in [0.1, 0.15) is 32.3 Å². The van der Waals surface area contributed by atoms with Crippen molar-refractivity contribution in [2.45, 2.75) is 38.8 Å². The fourth-order valence-electron chi connectivity index (χ4n) is 1.59. The van der Waals surface area contributed by atoms with Crippen molar-refractivity contribution in [1.82, 2.24) is 5.32 Å². The van der Waals surface area contributed by atoms with Gasteiger partial charge in [0.05, 0.1) is 0 Å². The lowest BCUT2D eigenvalue weighted by atomic mass is 9.95. The molecule has 0 heterocycles. The normalized spacial score (nSPS) is 14.6. The van der Waals surface area contributed by atoms with Crippen molar-refractivity contribution in [2.75, 3.05) is 5.88 Å². The number of nitrogens with one attached hydrogen (secondary N) is 1. The van der Waals surface area contributed by atoms with Crippen LogP contribution in [0, 0.1) is 11.6 Å². The molecule has 0 radical (unpaired) electrons. The maximum atomic E-state index is 13.4. The van der Waals surface area contributed by atoms with E-state index in [9.17, 15) is 8.78 Å². The second-order valence-corrected chi connectivity index (χ2v) is 4.80. The molecule has 0 saturated heterocycles. The van der Waals surface area contributed by atoms with Crippen LogP contribution in [0.2, 0.25) is 0 Å². The molecule has 0 spiro atoms. The average molecular weight is 262 g/mol. The molecule has 0 bridgehead atoms. The van der Waals surface area contributed by atoms with Crippen molar-refractivity contribution in [3.05, 3.63) is 35.4 Å². The Morgan fingerprint density at radius 1 is 1.35 bits per heavy atom. The van der Waals surface area contributed by atoms with Gasteiger partial charge in [-0.05, 0) is 25.8 Å². The van der Waals surface area contributed by atoms with E-state index in [1.807, 2.05) is 13.8 Å². The first-order chi connectivity index (χ1) is 8.02. The molecular formula is C13H18ClF2N. The minimum Gasteiger partial charge on any atom is -0.307 e. The van der Waals surface area contributed by atoms with Gasteiger partial charge in [-0.1, -0.05) is 19.1 Å². The fourth-order valence-corrected chi connectivity index (χ4v) is 2.01. The van der Waals surface area contributed by atoms with E-state index in [0.717, 1.165) is 18.9 Å². The summed E-state index contributed by atoms with van der Waals surface area (Å²) in [5.41, 5.74) is 0.208. The Labute approximate surface area is 106 Å². The molecule has 0 saturated carbocycles. The second kappa shape index (κ2) is 6.31.